The van der Waals surface area contributed by atoms with Crippen LogP contribution in [0.5, 0.6) is 0 Å². The summed E-state index contributed by atoms with van der Waals surface area (Å²) in [6, 6.07) is 4.26. The number of ether oxygens (including phenoxy) is 1. The van der Waals surface area contributed by atoms with Gasteiger partial charge in [0.15, 0.2) is 0 Å². The van der Waals surface area contributed by atoms with E-state index in [1.807, 2.05) is 6.20 Å². The van der Waals surface area contributed by atoms with Crippen molar-refractivity contribution >= 4 is 22.7 Å². The molecule has 0 aromatic carbocycles. The number of aromatic amines is 1. The average Bonchev–Trinajstić information content (AvgIpc) is 3.12. The number of piperidine rings is 1. The fraction of sp³-hybridized carbons (Fsp3) is 0.500. The first-order valence-electron chi connectivity index (χ1n) is 10.6. The summed E-state index contributed by atoms with van der Waals surface area (Å²) in [5, 5.41) is 1.12. The molecule has 6 rings (SSSR count). The van der Waals surface area contributed by atoms with Crippen LogP contribution in [0.4, 0.5) is 11.6 Å². The molecule has 3 aromatic rings. The molecule has 0 amide bonds. The van der Waals surface area contributed by atoms with Crippen molar-refractivity contribution in [3.8, 4) is 11.1 Å². The molecule has 2 saturated heterocycles. The SMILES string of the molecule is CCC12CC1CN(c1ncnc3[nH]cc(-c4ccnc(N5CCOCC5)c4)c13)C2. The second-order valence-electron chi connectivity index (χ2n) is 8.62. The molecule has 7 heteroatoms. The number of nitrogens with one attached hydrogen (secondary N) is 1. The van der Waals surface area contributed by atoms with Gasteiger partial charge in [0.2, 0.25) is 0 Å². The van der Waals surface area contributed by atoms with Crippen molar-refractivity contribution in [2.75, 3.05) is 49.2 Å². The highest BCUT2D eigenvalue weighted by molar-refractivity contribution is 6.01. The maximum atomic E-state index is 5.49. The second-order valence-corrected chi connectivity index (χ2v) is 8.62. The first-order chi connectivity index (χ1) is 14.3. The molecule has 2 unspecified atom stereocenters. The van der Waals surface area contributed by atoms with Crippen LogP contribution in [-0.2, 0) is 4.74 Å². The van der Waals surface area contributed by atoms with Crippen LogP contribution in [0.3, 0.4) is 0 Å². The van der Waals surface area contributed by atoms with Crippen LogP contribution in [-0.4, -0.2) is 59.3 Å². The minimum Gasteiger partial charge on any atom is -0.378 e. The quantitative estimate of drug-likeness (QED) is 0.738. The van der Waals surface area contributed by atoms with Gasteiger partial charge in [0, 0.05) is 44.1 Å². The lowest BCUT2D eigenvalue weighted by Gasteiger charge is -2.28. The molecule has 3 fully saturated rings. The van der Waals surface area contributed by atoms with Crippen molar-refractivity contribution in [2.45, 2.75) is 19.8 Å². The molecule has 150 valence electrons. The van der Waals surface area contributed by atoms with Crippen molar-refractivity contribution in [3.63, 3.8) is 0 Å². The largest absolute Gasteiger partial charge is 0.378 e. The van der Waals surface area contributed by atoms with Crippen LogP contribution >= 0.6 is 0 Å². The molecule has 1 N–H and O–H groups in total. The Hall–Kier alpha value is -2.67. The lowest BCUT2D eigenvalue weighted by Crippen LogP contribution is -2.36. The normalized spacial score (nSPS) is 26.2. The minimum absolute atomic E-state index is 0.522. The van der Waals surface area contributed by atoms with Gasteiger partial charge in [-0.25, -0.2) is 15.0 Å². The molecule has 0 spiro atoms. The highest BCUT2D eigenvalue weighted by atomic mass is 16.5. The van der Waals surface area contributed by atoms with Gasteiger partial charge in [-0.2, -0.15) is 0 Å². The minimum atomic E-state index is 0.522. The van der Waals surface area contributed by atoms with E-state index in [1.54, 1.807) is 6.33 Å². The Bertz CT molecular complexity index is 1050. The number of aromatic nitrogens is 4. The Labute approximate surface area is 170 Å². The highest BCUT2D eigenvalue weighted by Crippen LogP contribution is 2.60. The zero-order valence-electron chi connectivity index (χ0n) is 16.8. The van der Waals surface area contributed by atoms with Crippen LogP contribution in [0, 0.1) is 11.3 Å². The smallest absolute Gasteiger partial charge is 0.143 e. The molecule has 3 aliphatic rings. The molecule has 0 bridgehead atoms. The number of anilines is 2. The Kier molecular flexibility index (Phi) is 3.81. The van der Waals surface area contributed by atoms with Crippen LogP contribution in [0.1, 0.15) is 19.8 Å². The zero-order chi connectivity index (χ0) is 19.4. The molecule has 29 heavy (non-hydrogen) atoms. The average molecular weight is 390 g/mol. The Balaban J connectivity index is 1.40. The Morgan fingerprint density at radius 2 is 2.10 bits per heavy atom. The van der Waals surface area contributed by atoms with Gasteiger partial charge in [-0.3, -0.25) is 0 Å². The van der Waals surface area contributed by atoms with Crippen molar-refractivity contribution in [2.24, 2.45) is 11.3 Å². The molecular weight excluding hydrogens is 364 g/mol. The van der Waals surface area contributed by atoms with E-state index in [2.05, 4.69) is 50.0 Å². The number of fused-ring (bicyclic) bond motifs is 2. The predicted octanol–water partition coefficient (Wildman–Crippen LogP) is 3.09. The zero-order valence-corrected chi connectivity index (χ0v) is 16.8. The molecule has 1 aliphatic carbocycles. The summed E-state index contributed by atoms with van der Waals surface area (Å²) in [5.74, 6) is 2.90. The number of rotatable bonds is 4. The van der Waals surface area contributed by atoms with E-state index in [4.69, 9.17) is 9.72 Å². The summed E-state index contributed by atoms with van der Waals surface area (Å²) in [7, 11) is 0. The molecule has 2 aliphatic heterocycles. The van der Waals surface area contributed by atoms with Gasteiger partial charge in [-0.1, -0.05) is 6.92 Å². The maximum absolute atomic E-state index is 5.49. The van der Waals surface area contributed by atoms with E-state index in [0.717, 1.165) is 79.1 Å². The van der Waals surface area contributed by atoms with Crippen molar-refractivity contribution in [3.05, 3.63) is 30.9 Å². The van der Waals surface area contributed by atoms with Gasteiger partial charge in [0.25, 0.3) is 0 Å². The maximum Gasteiger partial charge on any atom is 0.143 e. The fourth-order valence-electron chi connectivity index (χ4n) is 5.27. The third-order valence-corrected chi connectivity index (χ3v) is 7.15. The lowest BCUT2D eigenvalue weighted by atomic mass is 10.0. The van der Waals surface area contributed by atoms with Crippen LogP contribution in [0.15, 0.2) is 30.9 Å². The number of nitrogens with zero attached hydrogens (tertiary/aromatic N) is 5. The number of H-pyrrole nitrogens is 1. The molecule has 5 heterocycles. The summed E-state index contributed by atoms with van der Waals surface area (Å²) in [5.41, 5.74) is 3.73. The van der Waals surface area contributed by atoms with Gasteiger partial charge >= 0.3 is 0 Å². The van der Waals surface area contributed by atoms with Gasteiger partial charge < -0.3 is 19.5 Å². The third kappa shape index (κ3) is 2.71. The Morgan fingerprint density at radius 3 is 2.93 bits per heavy atom. The summed E-state index contributed by atoms with van der Waals surface area (Å²) < 4.78 is 5.49. The molecule has 2 atom stereocenters. The van der Waals surface area contributed by atoms with E-state index in [-0.39, 0.29) is 0 Å². The van der Waals surface area contributed by atoms with E-state index in [0.29, 0.717) is 5.41 Å². The molecular formula is C22H26N6O. The van der Waals surface area contributed by atoms with Crippen LogP contribution < -0.4 is 9.80 Å². The van der Waals surface area contributed by atoms with Crippen LogP contribution in [0.25, 0.3) is 22.2 Å². The van der Waals surface area contributed by atoms with Crippen molar-refractivity contribution in [1.29, 1.82) is 0 Å². The standard InChI is InChI=1S/C22H26N6O/c1-2-22-10-16(22)12-28(13-22)21-19-17(11-24-20(19)25-14-26-21)15-3-4-23-18(9-15)27-5-7-29-8-6-27/h3-4,9,11,14,16H,2,5-8,10,12-13H2,1H3,(H,24,25,26). The highest BCUT2D eigenvalue weighted by Gasteiger charge is 2.58. The fourth-order valence-corrected chi connectivity index (χ4v) is 5.27. The van der Waals surface area contributed by atoms with E-state index < -0.39 is 0 Å². The summed E-state index contributed by atoms with van der Waals surface area (Å²) in [6.07, 6.45) is 8.29. The predicted molar refractivity (Wildman–Crippen MR) is 113 cm³/mol. The van der Waals surface area contributed by atoms with Gasteiger partial charge in [0.05, 0.1) is 18.6 Å². The summed E-state index contributed by atoms with van der Waals surface area (Å²) in [6.45, 7) is 7.82. The topological polar surface area (TPSA) is 70.2 Å². The van der Waals surface area contributed by atoms with E-state index in [9.17, 15) is 0 Å². The number of hydrogen-bond acceptors (Lipinski definition) is 6. The molecule has 3 aromatic heterocycles. The van der Waals surface area contributed by atoms with Crippen LogP contribution in [0.2, 0.25) is 0 Å². The van der Waals surface area contributed by atoms with Crippen molar-refractivity contribution < 1.29 is 4.74 Å². The number of pyridine rings is 1. The molecule has 0 radical (unpaired) electrons. The Morgan fingerprint density at radius 1 is 1.21 bits per heavy atom. The van der Waals surface area contributed by atoms with Crippen molar-refractivity contribution in [1.82, 2.24) is 19.9 Å². The third-order valence-electron chi connectivity index (χ3n) is 7.15. The monoisotopic (exact) mass is 390 g/mol. The van der Waals surface area contributed by atoms with E-state index in [1.165, 1.54) is 12.8 Å². The lowest BCUT2D eigenvalue weighted by molar-refractivity contribution is 0.122. The molecule has 7 nitrogen and oxygen atoms in total. The van der Waals surface area contributed by atoms with Gasteiger partial charge in [0.1, 0.15) is 23.6 Å². The van der Waals surface area contributed by atoms with E-state index >= 15 is 0 Å². The second kappa shape index (κ2) is 6.42. The number of morpholine rings is 1. The number of hydrogen-bond donors (Lipinski definition) is 1. The first-order valence-corrected chi connectivity index (χ1v) is 10.6. The first kappa shape index (κ1) is 17.2. The van der Waals surface area contributed by atoms with Gasteiger partial charge in [-0.15, -0.1) is 0 Å². The summed E-state index contributed by atoms with van der Waals surface area (Å²) in [4.78, 5) is 22.0. The summed E-state index contributed by atoms with van der Waals surface area (Å²) >= 11 is 0. The molecule has 1 saturated carbocycles. The van der Waals surface area contributed by atoms with Gasteiger partial charge in [-0.05, 0) is 41.9 Å².